The lowest BCUT2D eigenvalue weighted by atomic mass is 10.1. The summed E-state index contributed by atoms with van der Waals surface area (Å²) in [5.41, 5.74) is 0.277. The van der Waals surface area contributed by atoms with Crippen LogP contribution in [0.25, 0.3) is 0 Å². The highest BCUT2D eigenvalue weighted by Crippen LogP contribution is 2.35. The number of nitrogens with zero attached hydrogens (tertiary/aromatic N) is 3. The van der Waals surface area contributed by atoms with Gasteiger partial charge in [-0.05, 0) is 42.0 Å². The van der Waals surface area contributed by atoms with E-state index in [4.69, 9.17) is 0 Å². The fourth-order valence-corrected chi connectivity index (χ4v) is 3.46. The van der Waals surface area contributed by atoms with Crippen molar-refractivity contribution in [2.24, 2.45) is 0 Å². The first-order chi connectivity index (χ1) is 15.4. The molecule has 0 bridgehead atoms. The standard InChI is InChI=1S/C23H15N3O6/c27-20(16-7-3-1-4-8-16)24-19(15-11-13-18(14-12-15)26(31)32)25(23(30)22(24)29)21(28)17-9-5-2-6-10-17/h1-14,19H. The number of hydrogen-bond acceptors (Lipinski definition) is 6. The molecule has 3 aromatic carbocycles. The lowest BCUT2D eigenvalue weighted by molar-refractivity contribution is -0.384. The maximum atomic E-state index is 13.2. The van der Waals surface area contributed by atoms with E-state index in [2.05, 4.69) is 0 Å². The van der Waals surface area contributed by atoms with Crippen molar-refractivity contribution >= 4 is 29.3 Å². The molecule has 158 valence electrons. The number of hydrogen-bond donors (Lipinski definition) is 0. The molecule has 0 N–H and O–H groups in total. The Morgan fingerprint density at radius 2 is 1.09 bits per heavy atom. The lowest BCUT2D eigenvalue weighted by Crippen LogP contribution is -2.39. The van der Waals surface area contributed by atoms with E-state index in [1.54, 1.807) is 36.4 Å². The van der Waals surface area contributed by atoms with Gasteiger partial charge in [0.1, 0.15) is 6.17 Å². The van der Waals surface area contributed by atoms with E-state index in [-0.39, 0.29) is 22.4 Å². The van der Waals surface area contributed by atoms with Gasteiger partial charge in [0, 0.05) is 23.3 Å². The Morgan fingerprint density at radius 1 is 0.688 bits per heavy atom. The number of carbonyl (C=O) groups excluding carboxylic acids is 4. The molecule has 1 aliphatic heterocycles. The average Bonchev–Trinajstić information content (AvgIpc) is 3.09. The fraction of sp³-hybridized carbons (Fsp3) is 0.0435. The zero-order chi connectivity index (χ0) is 22.8. The first kappa shape index (κ1) is 20.6. The molecule has 9 heteroatoms. The van der Waals surface area contributed by atoms with Crippen LogP contribution >= 0.6 is 0 Å². The van der Waals surface area contributed by atoms with Crippen LogP contribution in [0.1, 0.15) is 32.4 Å². The SMILES string of the molecule is O=C1C(=O)N(C(=O)c2ccccc2)C(c2ccc([N+](=O)[O-])cc2)N1C(=O)c1ccccc1. The molecule has 1 aliphatic rings. The third-order valence-electron chi connectivity index (χ3n) is 4.99. The van der Waals surface area contributed by atoms with E-state index >= 15 is 0 Å². The molecule has 0 aromatic heterocycles. The Labute approximate surface area is 181 Å². The molecule has 9 nitrogen and oxygen atoms in total. The normalized spacial score (nSPS) is 14.0. The van der Waals surface area contributed by atoms with Crippen molar-refractivity contribution in [2.45, 2.75) is 6.17 Å². The third-order valence-corrected chi connectivity index (χ3v) is 4.99. The zero-order valence-corrected chi connectivity index (χ0v) is 16.5. The van der Waals surface area contributed by atoms with Gasteiger partial charge < -0.3 is 0 Å². The molecule has 1 fully saturated rings. The third kappa shape index (κ3) is 3.52. The fourth-order valence-electron chi connectivity index (χ4n) is 3.46. The second-order valence-corrected chi connectivity index (χ2v) is 6.91. The summed E-state index contributed by atoms with van der Waals surface area (Å²) in [6.45, 7) is 0. The summed E-state index contributed by atoms with van der Waals surface area (Å²) >= 11 is 0. The first-order valence-corrected chi connectivity index (χ1v) is 9.50. The number of carbonyl (C=O) groups is 4. The topological polar surface area (TPSA) is 118 Å². The van der Waals surface area contributed by atoms with Gasteiger partial charge in [0.25, 0.3) is 17.5 Å². The van der Waals surface area contributed by atoms with Crippen LogP contribution in [0.4, 0.5) is 5.69 Å². The van der Waals surface area contributed by atoms with E-state index < -0.39 is 34.7 Å². The second kappa shape index (κ2) is 8.23. The van der Waals surface area contributed by atoms with Crippen molar-refractivity contribution in [3.05, 3.63) is 112 Å². The summed E-state index contributed by atoms with van der Waals surface area (Å²) in [6, 6.07) is 20.7. The van der Waals surface area contributed by atoms with Crippen LogP contribution in [0.2, 0.25) is 0 Å². The maximum Gasteiger partial charge on any atom is 0.321 e. The Bertz CT molecular complexity index is 1160. The van der Waals surface area contributed by atoms with E-state index in [1.807, 2.05) is 0 Å². The summed E-state index contributed by atoms with van der Waals surface area (Å²) in [6.07, 6.45) is -1.39. The highest BCUT2D eigenvalue weighted by atomic mass is 16.6. The molecule has 0 spiro atoms. The number of non-ortho nitro benzene ring substituents is 1. The number of benzene rings is 3. The highest BCUT2D eigenvalue weighted by molar-refractivity contribution is 6.43. The summed E-state index contributed by atoms with van der Waals surface area (Å²) in [5.74, 6) is -3.86. The number of nitro benzene ring substituents is 1. The minimum absolute atomic E-state index is 0.148. The van der Waals surface area contributed by atoms with Gasteiger partial charge in [0.15, 0.2) is 0 Å². The smallest absolute Gasteiger partial charge is 0.269 e. The molecule has 32 heavy (non-hydrogen) atoms. The number of rotatable bonds is 4. The molecular weight excluding hydrogens is 414 g/mol. The van der Waals surface area contributed by atoms with E-state index in [0.29, 0.717) is 9.80 Å². The van der Waals surface area contributed by atoms with Crippen LogP contribution < -0.4 is 0 Å². The number of imide groups is 2. The maximum absolute atomic E-state index is 13.2. The molecule has 0 atom stereocenters. The molecule has 0 radical (unpaired) electrons. The molecule has 3 aromatic rings. The van der Waals surface area contributed by atoms with Gasteiger partial charge in [-0.3, -0.25) is 29.3 Å². The second-order valence-electron chi connectivity index (χ2n) is 6.91. The molecule has 1 saturated heterocycles. The van der Waals surface area contributed by atoms with Crippen molar-refractivity contribution in [2.75, 3.05) is 0 Å². The van der Waals surface area contributed by atoms with Gasteiger partial charge in [-0.15, -0.1) is 0 Å². The summed E-state index contributed by atoms with van der Waals surface area (Å²) < 4.78 is 0. The molecule has 0 unspecified atom stereocenters. The minimum atomic E-state index is -1.39. The monoisotopic (exact) mass is 429 g/mol. The van der Waals surface area contributed by atoms with E-state index in [9.17, 15) is 29.3 Å². The number of amides is 4. The predicted octanol–water partition coefficient (Wildman–Crippen LogP) is 2.95. The summed E-state index contributed by atoms with van der Waals surface area (Å²) in [5, 5.41) is 11.0. The summed E-state index contributed by atoms with van der Waals surface area (Å²) in [7, 11) is 0. The van der Waals surface area contributed by atoms with Gasteiger partial charge in [-0.1, -0.05) is 36.4 Å². The van der Waals surface area contributed by atoms with Crippen LogP contribution in [0.3, 0.4) is 0 Å². The van der Waals surface area contributed by atoms with Crippen LogP contribution in [0.5, 0.6) is 0 Å². The van der Waals surface area contributed by atoms with Gasteiger partial charge in [0.05, 0.1) is 4.92 Å². The van der Waals surface area contributed by atoms with E-state index in [0.717, 1.165) is 0 Å². The van der Waals surface area contributed by atoms with Gasteiger partial charge in [-0.25, -0.2) is 9.80 Å². The Kier molecular flexibility index (Phi) is 5.30. The quantitative estimate of drug-likeness (QED) is 0.272. The van der Waals surface area contributed by atoms with Crippen molar-refractivity contribution in [1.82, 2.24) is 9.80 Å². The Morgan fingerprint density at radius 3 is 1.47 bits per heavy atom. The van der Waals surface area contributed by atoms with Crippen LogP contribution in [0, 0.1) is 10.1 Å². The van der Waals surface area contributed by atoms with Crippen LogP contribution in [-0.2, 0) is 9.59 Å². The van der Waals surface area contributed by atoms with Crippen molar-refractivity contribution in [3.8, 4) is 0 Å². The lowest BCUT2D eigenvalue weighted by Gasteiger charge is -2.27. The molecular formula is C23H15N3O6. The highest BCUT2D eigenvalue weighted by Gasteiger charge is 2.52. The predicted molar refractivity (Wildman–Crippen MR) is 111 cm³/mol. The van der Waals surface area contributed by atoms with Crippen LogP contribution in [-0.4, -0.2) is 38.4 Å². The molecule has 4 rings (SSSR count). The summed E-state index contributed by atoms with van der Waals surface area (Å²) in [4.78, 5) is 63.9. The first-order valence-electron chi connectivity index (χ1n) is 9.50. The molecule has 0 aliphatic carbocycles. The van der Waals surface area contributed by atoms with Crippen molar-refractivity contribution in [3.63, 3.8) is 0 Å². The molecule has 1 heterocycles. The van der Waals surface area contributed by atoms with Crippen molar-refractivity contribution in [1.29, 1.82) is 0 Å². The Hall–Kier alpha value is -4.66. The zero-order valence-electron chi connectivity index (χ0n) is 16.5. The van der Waals surface area contributed by atoms with Crippen LogP contribution in [0.15, 0.2) is 84.9 Å². The molecule has 0 saturated carbocycles. The van der Waals surface area contributed by atoms with E-state index in [1.165, 1.54) is 48.5 Å². The van der Waals surface area contributed by atoms with Gasteiger partial charge >= 0.3 is 11.8 Å². The average molecular weight is 429 g/mol. The van der Waals surface area contributed by atoms with Gasteiger partial charge in [-0.2, -0.15) is 0 Å². The molecule has 4 amide bonds. The van der Waals surface area contributed by atoms with Crippen molar-refractivity contribution < 1.29 is 24.1 Å². The largest absolute Gasteiger partial charge is 0.321 e. The van der Waals surface area contributed by atoms with Gasteiger partial charge in [0.2, 0.25) is 0 Å². The Balaban J connectivity index is 1.84. The number of nitro groups is 1. The minimum Gasteiger partial charge on any atom is -0.269 e.